The van der Waals surface area contributed by atoms with Gasteiger partial charge in [-0.1, -0.05) is 72.8 Å². The van der Waals surface area contributed by atoms with Crippen molar-refractivity contribution in [1.29, 1.82) is 0 Å². The van der Waals surface area contributed by atoms with E-state index in [1.807, 2.05) is 0 Å². The molecule has 0 amide bonds. The van der Waals surface area contributed by atoms with Crippen LogP contribution in [0.25, 0.3) is 89.7 Å². The molecule has 3 aromatic heterocycles. The highest BCUT2D eigenvalue weighted by molar-refractivity contribution is 7.89. The molecule has 258 valence electrons. The second-order valence-corrected chi connectivity index (χ2v) is 15.8. The molecule has 0 saturated carbocycles. The summed E-state index contributed by atoms with van der Waals surface area (Å²) in [5, 5.41) is 6.13. The second kappa shape index (κ2) is 10.7. The number of H-pyrrole nitrogens is 1. The van der Waals surface area contributed by atoms with Gasteiger partial charge in [0.2, 0.25) is 0 Å². The summed E-state index contributed by atoms with van der Waals surface area (Å²) in [6, 6.07) is 22.1. The molecule has 0 unspecified atom stereocenters. The summed E-state index contributed by atoms with van der Waals surface area (Å²) in [7, 11) is -15.1. The Balaban J connectivity index is 1.59. The van der Waals surface area contributed by atoms with Crippen LogP contribution in [0.5, 0.6) is 0 Å². The minimum absolute atomic E-state index is 0.00489. The molecule has 8 bridgehead atoms. The van der Waals surface area contributed by atoms with Crippen molar-refractivity contribution in [3.63, 3.8) is 0 Å². The summed E-state index contributed by atoms with van der Waals surface area (Å²) in [6.45, 7) is 0. The highest BCUT2D eigenvalue weighted by atomic mass is 32.2. The maximum absolute atomic E-state index is 13.4. The van der Waals surface area contributed by atoms with Gasteiger partial charge in [-0.3, -0.25) is 9.11 Å². The molecule has 2 aliphatic heterocycles. The van der Waals surface area contributed by atoms with Crippen molar-refractivity contribution < 1.29 is 34.4 Å². The van der Waals surface area contributed by atoms with Crippen molar-refractivity contribution in [3.05, 3.63) is 84.9 Å². The largest absolute Gasteiger partial charge is 0.324 e. The van der Waals surface area contributed by atoms with Crippen LogP contribution in [0.1, 0.15) is 0 Å². The summed E-state index contributed by atoms with van der Waals surface area (Å²) in [4.78, 5) is 28.6. The maximum atomic E-state index is 13.4. The maximum Gasteiger partial charge on any atom is 0.305 e. The molecule has 0 aliphatic carbocycles. The van der Waals surface area contributed by atoms with Gasteiger partial charge < -0.3 is 4.98 Å². The van der Waals surface area contributed by atoms with E-state index in [9.17, 15) is 34.4 Å². The molecule has 0 fully saturated rings. The lowest BCUT2D eigenvalue weighted by Crippen LogP contribution is -2.22. The SMILES string of the molecule is NS(=O)(=O)n1c2nc3nc(nc4[nH]c(nc5nc(nc1c1ccccc12)-c1ccccc1-5)c1c(S(=O)(=O)O)c(S(=O)(=O)O)ccc41)-c1ccccc1-3. The number of hydrogen-bond acceptors (Lipinski definition) is 12. The summed E-state index contributed by atoms with van der Waals surface area (Å²) < 4.78 is 98.4. The first-order chi connectivity index (χ1) is 24.7. The molecule has 20 heteroatoms. The van der Waals surface area contributed by atoms with E-state index in [1.54, 1.807) is 72.8 Å². The Labute approximate surface area is 292 Å². The number of nitrogens with zero attached hydrogens (tertiary/aromatic N) is 7. The summed E-state index contributed by atoms with van der Waals surface area (Å²) in [5.74, 6) is 0.0328. The normalized spacial score (nSPS) is 13.0. The van der Waals surface area contributed by atoms with Crippen LogP contribution in [-0.4, -0.2) is 73.2 Å². The van der Waals surface area contributed by atoms with Crippen LogP contribution in [0.4, 0.5) is 0 Å². The van der Waals surface area contributed by atoms with Gasteiger partial charge in [-0.05, 0) is 12.1 Å². The number of hydrogen-bond donors (Lipinski definition) is 4. The van der Waals surface area contributed by atoms with Gasteiger partial charge in [0, 0.05) is 38.4 Å². The third kappa shape index (κ3) is 4.81. The Kier molecular flexibility index (Phi) is 6.59. The summed E-state index contributed by atoms with van der Waals surface area (Å²) >= 11 is 0. The highest BCUT2D eigenvalue weighted by Gasteiger charge is 2.31. The van der Waals surface area contributed by atoms with E-state index in [0.717, 1.165) is 10.0 Å². The molecule has 17 nitrogen and oxygen atoms in total. The highest BCUT2D eigenvalue weighted by Crippen LogP contribution is 2.39. The molecule has 0 spiro atoms. The predicted octanol–water partition coefficient (Wildman–Crippen LogP) is 3.89. The van der Waals surface area contributed by atoms with Crippen molar-refractivity contribution >= 4 is 74.6 Å². The Hall–Kier alpha value is -6.03. The van der Waals surface area contributed by atoms with E-state index in [0.29, 0.717) is 33.0 Å². The minimum Gasteiger partial charge on any atom is -0.324 e. The topological polar surface area (TPSA) is 267 Å². The van der Waals surface area contributed by atoms with E-state index < -0.39 is 45.6 Å². The summed E-state index contributed by atoms with van der Waals surface area (Å²) in [6.07, 6.45) is 0. The smallest absolute Gasteiger partial charge is 0.305 e. The van der Waals surface area contributed by atoms with Gasteiger partial charge in [0.25, 0.3) is 20.2 Å². The van der Waals surface area contributed by atoms with Crippen molar-refractivity contribution in [1.82, 2.24) is 38.9 Å². The van der Waals surface area contributed by atoms with Crippen LogP contribution in [0.2, 0.25) is 0 Å². The zero-order valence-corrected chi connectivity index (χ0v) is 28.3. The first-order valence-electron chi connectivity index (χ1n) is 15.0. The molecule has 7 aromatic rings. The fourth-order valence-electron chi connectivity index (χ4n) is 6.45. The van der Waals surface area contributed by atoms with Crippen molar-refractivity contribution in [2.45, 2.75) is 9.79 Å². The molecular weight excluding hydrogens is 735 g/mol. The van der Waals surface area contributed by atoms with E-state index in [1.165, 1.54) is 6.07 Å². The molecule has 5 heterocycles. The van der Waals surface area contributed by atoms with Gasteiger partial charge in [-0.15, -0.1) is 0 Å². The van der Waals surface area contributed by atoms with E-state index >= 15 is 0 Å². The molecular formula is C32H19N9O8S3. The van der Waals surface area contributed by atoms with E-state index in [2.05, 4.69) is 24.9 Å². The first-order valence-corrected chi connectivity index (χ1v) is 19.3. The van der Waals surface area contributed by atoms with Gasteiger partial charge in [-0.2, -0.15) is 29.2 Å². The Morgan fingerprint density at radius 2 is 0.962 bits per heavy atom. The van der Waals surface area contributed by atoms with Crippen LogP contribution in [0.3, 0.4) is 0 Å². The molecule has 5 N–H and O–H groups in total. The van der Waals surface area contributed by atoms with Gasteiger partial charge in [0.05, 0.1) is 5.39 Å². The van der Waals surface area contributed by atoms with Gasteiger partial charge in [0.1, 0.15) is 21.1 Å². The average molecular weight is 754 g/mol. The first kappa shape index (κ1) is 31.9. The Morgan fingerprint density at radius 1 is 0.519 bits per heavy atom. The summed E-state index contributed by atoms with van der Waals surface area (Å²) in [5.41, 5.74) is 1.09. The van der Waals surface area contributed by atoms with Gasteiger partial charge in [-0.25, -0.2) is 35.0 Å². The quantitative estimate of drug-likeness (QED) is 0.187. The molecule has 0 radical (unpaired) electrons. The van der Waals surface area contributed by atoms with Crippen molar-refractivity contribution in [2.24, 2.45) is 5.14 Å². The van der Waals surface area contributed by atoms with Crippen molar-refractivity contribution in [2.75, 3.05) is 0 Å². The van der Waals surface area contributed by atoms with Crippen LogP contribution in [-0.2, 0) is 30.4 Å². The molecule has 2 aliphatic rings. The zero-order chi connectivity index (χ0) is 36.3. The second-order valence-electron chi connectivity index (χ2n) is 11.6. The lowest BCUT2D eigenvalue weighted by molar-refractivity contribution is 0.468. The fraction of sp³-hybridized carbons (Fsp3) is 0. The molecule has 9 rings (SSSR count). The van der Waals surface area contributed by atoms with Crippen LogP contribution in [0.15, 0.2) is 94.7 Å². The number of aromatic amines is 1. The zero-order valence-electron chi connectivity index (χ0n) is 25.9. The lowest BCUT2D eigenvalue weighted by Gasteiger charge is -2.06. The van der Waals surface area contributed by atoms with Crippen LogP contribution >= 0.6 is 0 Å². The van der Waals surface area contributed by atoms with Gasteiger partial charge in [0.15, 0.2) is 34.6 Å². The number of fused-ring (bicyclic) bond motifs is 20. The average Bonchev–Trinajstić information content (AvgIpc) is 3.81. The number of aromatic nitrogens is 8. The van der Waals surface area contributed by atoms with E-state index in [-0.39, 0.29) is 51.3 Å². The molecule has 0 saturated heterocycles. The van der Waals surface area contributed by atoms with Crippen molar-refractivity contribution in [3.8, 4) is 45.6 Å². The third-order valence-corrected chi connectivity index (χ3v) is 11.4. The molecule has 0 atom stereocenters. The predicted molar refractivity (Wildman–Crippen MR) is 188 cm³/mol. The Morgan fingerprint density at radius 3 is 1.40 bits per heavy atom. The number of nitrogens with two attached hydrogens (primary N) is 1. The van der Waals surface area contributed by atoms with Crippen LogP contribution < -0.4 is 5.14 Å². The number of nitrogens with one attached hydrogen (secondary N) is 1. The third-order valence-electron chi connectivity index (χ3n) is 8.53. The monoisotopic (exact) mass is 753 g/mol. The molecule has 4 aromatic carbocycles. The number of benzene rings is 4. The standard InChI is InChI=1S/C32H19N9O8S3/c33-52(48,49)41-31-19-11-5-6-12-20(19)32(41)40-28-18-10-4-2-8-16(18)26(35-28)37-30-23-21(13-14-22(50(42,43)44)24(23)51(45,46)47)29(38-30)36-25-15-7-1-3-9-17(15)27(34-25)39-31/h1-14H,(H2,33,48,49)(H,42,43,44)(H,45,46,47)(H,34,35,36,37,38,39,40). The lowest BCUT2D eigenvalue weighted by atomic mass is 10.1. The Bertz CT molecular complexity index is 3290. The van der Waals surface area contributed by atoms with Crippen LogP contribution in [0, 0.1) is 0 Å². The minimum atomic E-state index is -5.35. The van der Waals surface area contributed by atoms with Gasteiger partial charge >= 0.3 is 10.2 Å². The fourth-order valence-corrected chi connectivity index (χ4v) is 9.21. The van der Waals surface area contributed by atoms with E-state index in [4.69, 9.17) is 15.1 Å². The molecule has 52 heavy (non-hydrogen) atoms. The number of rotatable bonds is 3.